The SMILES string of the molecule is COc1ccc(C(C)Nc2ccccc2C(=O)O)c(F)c1. The number of para-hydroxylation sites is 1. The van der Waals surface area contributed by atoms with Crippen LogP contribution in [0.1, 0.15) is 28.9 Å². The molecule has 0 saturated carbocycles. The minimum absolute atomic E-state index is 0.151. The zero-order valence-corrected chi connectivity index (χ0v) is 11.8. The normalized spacial score (nSPS) is 11.8. The summed E-state index contributed by atoms with van der Waals surface area (Å²) in [6, 6.07) is 10.7. The lowest BCUT2D eigenvalue weighted by Crippen LogP contribution is -2.12. The molecule has 4 nitrogen and oxygen atoms in total. The maximum atomic E-state index is 14.0. The summed E-state index contributed by atoms with van der Waals surface area (Å²) >= 11 is 0. The van der Waals surface area contributed by atoms with Crippen molar-refractivity contribution in [3.63, 3.8) is 0 Å². The molecule has 0 saturated heterocycles. The lowest BCUT2D eigenvalue weighted by molar-refractivity contribution is 0.0698. The Balaban J connectivity index is 2.26. The van der Waals surface area contributed by atoms with Crippen LogP contribution in [-0.2, 0) is 0 Å². The van der Waals surface area contributed by atoms with E-state index in [0.29, 0.717) is 17.0 Å². The molecule has 0 bridgehead atoms. The van der Waals surface area contributed by atoms with E-state index in [1.165, 1.54) is 19.2 Å². The van der Waals surface area contributed by atoms with Gasteiger partial charge in [0, 0.05) is 17.3 Å². The molecule has 0 aliphatic heterocycles. The predicted octanol–water partition coefficient (Wildman–Crippen LogP) is 3.71. The third-order valence-electron chi connectivity index (χ3n) is 3.20. The van der Waals surface area contributed by atoms with Gasteiger partial charge in [0.25, 0.3) is 0 Å². The van der Waals surface area contributed by atoms with Gasteiger partial charge in [0.15, 0.2) is 0 Å². The lowest BCUT2D eigenvalue weighted by atomic mass is 10.1. The summed E-state index contributed by atoms with van der Waals surface area (Å²) in [6.45, 7) is 1.77. The number of carbonyl (C=O) groups is 1. The Morgan fingerprint density at radius 1 is 1.29 bits per heavy atom. The van der Waals surface area contributed by atoms with Gasteiger partial charge in [-0.2, -0.15) is 0 Å². The molecular formula is C16H16FNO3. The van der Waals surface area contributed by atoms with Crippen molar-refractivity contribution in [1.82, 2.24) is 0 Å². The van der Waals surface area contributed by atoms with Crippen molar-refractivity contribution in [3.8, 4) is 5.75 Å². The third-order valence-corrected chi connectivity index (χ3v) is 3.20. The van der Waals surface area contributed by atoms with Crippen LogP contribution >= 0.6 is 0 Å². The average Bonchev–Trinajstić information content (AvgIpc) is 2.47. The molecule has 2 aromatic carbocycles. The van der Waals surface area contributed by atoms with Crippen LogP contribution in [0.3, 0.4) is 0 Å². The highest BCUT2D eigenvalue weighted by molar-refractivity contribution is 5.94. The van der Waals surface area contributed by atoms with E-state index in [4.69, 9.17) is 9.84 Å². The number of hydrogen-bond acceptors (Lipinski definition) is 3. The molecule has 2 rings (SSSR count). The second kappa shape index (κ2) is 6.26. The Labute approximate surface area is 122 Å². The summed E-state index contributed by atoms with van der Waals surface area (Å²) in [7, 11) is 1.47. The maximum Gasteiger partial charge on any atom is 0.337 e. The van der Waals surface area contributed by atoms with E-state index in [1.54, 1.807) is 37.3 Å². The average molecular weight is 289 g/mol. The van der Waals surface area contributed by atoms with Gasteiger partial charge in [-0.25, -0.2) is 9.18 Å². The summed E-state index contributed by atoms with van der Waals surface area (Å²) < 4.78 is 19.0. The van der Waals surface area contributed by atoms with E-state index in [0.717, 1.165) is 0 Å². The van der Waals surface area contributed by atoms with E-state index in [1.807, 2.05) is 0 Å². The number of aromatic carboxylic acids is 1. The first-order chi connectivity index (χ1) is 10.0. The first-order valence-corrected chi connectivity index (χ1v) is 6.45. The number of nitrogens with one attached hydrogen (secondary N) is 1. The number of halogens is 1. The summed E-state index contributed by atoms with van der Waals surface area (Å²) in [5.74, 6) is -0.989. The van der Waals surface area contributed by atoms with Crippen LogP contribution in [0.2, 0.25) is 0 Å². The number of methoxy groups -OCH3 is 1. The molecule has 5 heteroatoms. The molecule has 0 aliphatic carbocycles. The van der Waals surface area contributed by atoms with Crippen LogP contribution in [0.25, 0.3) is 0 Å². The van der Waals surface area contributed by atoms with Gasteiger partial charge in [0.1, 0.15) is 11.6 Å². The molecule has 0 radical (unpaired) electrons. The molecular weight excluding hydrogens is 273 g/mol. The zero-order chi connectivity index (χ0) is 15.4. The molecule has 110 valence electrons. The molecule has 0 aromatic heterocycles. The van der Waals surface area contributed by atoms with Crippen LogP contribution in [0.5, 0.6) is 5.75 Å². The number of anilines is 1. The van der Waals surface area contributed by atoms with Gasteiger partial charge in [-0.3, -0.25) is 0 Å². The smallest absolute Gasteiger partial charge is 0.337 e. The second-order valence-electron chi connectivity index (χ2n) is 4.60. The minimum atomic E-state index is -1.03. The highest BCUT2D eigenvalue weighted by Gasteiger charge is 2.15. The van der Waals surface area contributed by atoms with Crippen LogP contribution in [0.15, 0.2) is 42.5 Å². The molecule has 0 amide bonds. The van der Waals surface area contributed by atoms with E-state index in [2.05, 4.69) is 5.32 Å². The van der Waals surface area contributed by atoms with Crippen molar-refractivity contribution in [3.05, 3.63) is 59.4 Å². The van der Waals surface area contributed by atoms with Crippen LogP contribution in [0, 0.1) is 5.82 Å². The Morgan fingerprint density at radius 3 is 2.62 bits per heavy atom. The fourth-order valence-electron chi connectivity index (χ4n) is 2.09. The minimum Gasteiger partial charge on any atom is -0.497 e. The van der Waals surface area contributed by atoms with Gasteiger partial charge in [0.2, 0.25) is 0 Å². The lowest BCUT2D eigenvalue weighted by Gasteiger charge is -2.18. The predicted molar refractivity (Wildman–Crippen MR) is 78.4 cm³/mol. The summed E-state index contributed by atoms with van der Waals surface area (Å²) in [4.78, 5) is 11.2. The highest BCUT2D eigenvalue weighted by Crippen LogP contribution is 2.26. The van der Waals surface area contributed by atoms with Gasteiger partial charge in [-0.15, -0.1) is 0 Å². The molecule has 1 atom stereocenters. The Bertz CT molecular complexity index is 658. The summed E-state index contributed by atoms with van der Waals surface area (Å²) in [5.41, 5.74) is 1.04. The third kappa shape index (κ3) is 3.31. The molecule has 2 aromatic rings. The van der Waals surface area contributed by atoms with Crippen molar-refractivity contribution < 1.29 is 19.0 Å². The van der Waals surface area contributed by atoms with E-state index in [9.17, 15) is 9.18 Å². The van der Waals surface area contributed by atoms with Crippen molar-refractivity contribution >= 4 is 11.7 Å². The molecule has 0 fully saturated rings. The van der Waals surface area contributed by atoms with Gasteiger partial charge in [-0.05, 0) is 25.1 Å². The fourth-order valence-corrected chi connectivity index (χ4v) is 2.09. The molecule has 0 spiro atoms. The van der Waals surface area contributed by atoms with Crippen LogP contribution < -0.4 is 10.1 Å². The summed E-state index contributed by atoms with van der Waals surface area (Å²) in [5, 5.41) is 12.2. The monoisotopic (exact) mass is 289 g/mol. The number of hydrogen-bond donors (Lipinski definition) is 2. The molecule has 0 aliphatic rings. The van der Waals surface area contributed by atoms with Crippen molar-refractivity contribution in [1.29, 1.82) is 0 Å². The largest absolute Gasteiger partial charge is 0.497 e. The number of carboxylic acids is 1. The Hall–Kier alpha value is -2.56. The van der Waals surface area contributed by atoms with Gasteiger partial charge >= 0.3 is 5.97 Å². The van der Waals surface area contributed by atoms with Crippen molar-refractivity contribution in [2.45, 2.75) is 13.0 Å². The summed E-state index contributed by atoms with van der Waals surface area (Å²) in [6.07, 6.45) is 0. The van der Waals surface area contributed by atoms with Crippen LogP contribution in [-0.4, -0.2) is 18.2 Å². The topological polar surface area (TPSA) is 58.6 Å². The Morgan fingerprint density at radius 2 is 2.00 bits per heavy atom. The van der Waals surface area contributed by atoms with E-state index < -0.39 is 11.8 Å². The molecule has 21 heavy (non-hydrogen) atoms. The number of ether oxygens (including phenoxy) is 1. The number of carboxylic acid groups (broad SMARTS) is 1. The Kier molecular flexibility index (Phi) is 4.42. The van der Waals surface area contributed by atoms with E-state index in [-0.39, 0.29) is 11.6 Å². The standard InChI is InChI=1S/C16H16FNO3/c1-10(12-8-7-11(21-2)9-14(12)17)18-15-6-4-3-5-13(15)16(19)20/h3-10,18H,1-2H3,(H,19,20). The zero-order valence-electron chi connectivity index (χ0n) is 11.8. The van der Waals surface area contributed by atoms with Crippen molar-refractivity contribution in [2.24, 2.45) is 0 Å². The van der Waals surface area contributed by atoms with Crippen LogP contribution in [0.4, 0.5) is 10.1 Å². The highest BCUT2D eigenvalue weighted by atomic mass is 19.1. The number of rotatable bonds is 5. The van der Waals surface area contributed by atoms with E-state index >= 15 is 0 Å². The number of benzene rings is 2. The van der Waals surface area contributed by atoms with Gasteiger partial charge in [-0.1, -0.05) is 18.2 Å². The first kappa shape index (κ1) is 14.8. The van der Waals surface area contributed by atoms with Gasteiger partial charge < -0.3 is 15.2 Å². The molecule has 1 unspecified atom stereocenters. The first-order valence-electron chi connectivity index (χ1n) is 6.45. The molecule has 2 N–H and O–H groups in total. The van der Waals surface area contributed by atoms with Crippen molar-refractivity contribution in [2.75, 3.05) is 12.4 Å². The fraction of sp³-hybridized carbons (Fsp3) is 0.188. The maximum absolute atomic E-state index is 14.0. The second-order valence-corrected chi connectivity index (χ2v) is 4.60. The molecule has 0 heterocycles. The quantitative estimate of drug-likeness (QED) is 0.881. The van der Waals surface area contributed by atoms with Gasteiger partial charge in [0.05, 0.1) is 18.7 Å².